The third kappa shape index (κ3) is 2.20. The Morgan fingerprint density at radius 1 is 1.32 bits per heavy atom. The van der Waals surface area contributed by atoms with E-state index in [9.17, 15) is 9.90 Å². The Kier molecular flexibility index (Phi) is 2.85. The molecule has 3 N–H and O–H groups in total. The maximum atomic E-state index is 11.5. The molecule has 0 unspecified atom stereocenters. The summed E-state index contributed by atoms with van der Waals surface area (Å²) in [7, 11) is 0. The fraction of sp³-hybridized carbons (Fsp3) is 0.176. The lowest BCUT2D eigenvalue weighted by Gasteiger charge is -2.11. The highest BCUT2D eigenvalue weighted by atomic mass is 16.4. The number of hydrogen-bond donors (Lipinski definition) is 3. The third-order valence-corrected chi connectivity index (χ3v) is 4.04. The van der Waals surface area contributed by atoms with Gasteiger partial charge >= 0.3 is 5.97 Å². The Balaban J connectivity index is 1.75. The molecule has 1 fully saturated rings. The summed E-state index contributed by atoms with van der Waals surface area (Å²) in [5, 5.41) is 13.6. The van der Waals surface area contributed by atoms with Crippen molar-refractivity contribution in [2.45, 2.75) is 18.8 Å². The van der Waals surface area contributed by atoms with Crippen LogP contribution in [0.4, 0.5) is 11.5 Å². The molecule has 4 rings (SSSR count). The number of H-pyrrole nitrogens is 1. The average molecular weight is 293 g/mol. The number of carboxylic acid groups (broad SMARTS) is 1. The van der Waals surface area contributed by atoms with E-state index in [-0.39, 0.29) is 5.56 Å². The van der Waals surface area contributed by atoms with E-state index in [2.05, 4.69) is 15.3 Å². The van der Waals surface area contributed by atoms with Gasteiger partial charge in [0.15, 0.2) is 0 Å². The van der Waals surface area contributed by atoms with Crippen LogP contribution < -0.4 is 5.32 Å². The van der Waals surface area contributed by atoms with Gasteiger partial charge in [0.1, 0.15) is 11.4 Å². The predicted octanol–water partition coefficient (Wildman–Crippen LogP) is 3.88. The fourth-order valence-electron chi connectivity index (χ4n) is 2.71. The molecule has 1 aliphatic rings. The summed E-state index contributed by atoms with van der Waals surface area (Å²) in [6.45, 7) is 0. The molecule has 0 bridgehead atoms. The zero-order valence-corrected chi connectivity index (χ0v) is 11.8. The van der Waals surface area contributed by atoms with Crippen LogP contribution in [0.5, 0.6) is 0 Å². The smallest absolute Gasteiger partial charge is 0.339 e. The first-order valence-corrected chi connectivity index (χ1v) is 7.29. The first-order chi connectivity index (χ1) is 10.7. The van der Waals surface area contributed by atoms with E-state index in [0.29, 0.717) is 11.7 Å². The molecule has 0 spiro atoms. The van der Waals surface area contributed by atoms with Gasteiger partial charge in [-0.05, 0) is 48.6 Å². The normalized spacial score (nSPS) is 14.2. The molecular weight excluding hydrogens is 278 g/mol. The van der Waals surface area contributed by atoms with Crippen molar-refractivity contribution in [3.8, 4) is 0 Å². The van der Waals surface area contributed by atoms with E-state index in [1.807, 2.05) is 30.5 Å². The van der Waals surface area contributed by atoms with Crippen LogP contribution in [0.25, 0.3) is 10.9 Å². The number of pyridine rings is 1. The fourth-order valence-corrected chi connectivity index (χ4v) is 2.71. The Morgan fingerprint density at radius 2 is 2.18 bits per heavy atom. The highest BCUT2D eigenvalue weighted by molar-refractivity contribution is 5.98. The number of rotatable bonds is 4. The summed E-state index contributed by atoms with van der Waals surface area (Å²) in [5.41, 5.74) is 3.07. The minimum Gasteiger partial charge on any atom is -0.478 e. The van der Waals surface area contributed by atoms with E-state index in [4.69, 9.17) is 0 Å². The van der Waals surface area contributed by atoms with Crippen molar-refractivity contribution in [2.75, 3.05) is 5.32 Å². The molecule has 110 valence electrons. The number of aromatic amines is 1. The highest BCUT2D eigenvalue weighted by Gasteiger charge is 2.26. The van der Waals surface area contributed by atoms with Gasteiger partial charge in [-0.2, -0.15) is 0 Å². The van der Waals surface area contributed by atoms with Crippen molar-refractivity contribution in [3.05, 3.63) is 53.9 Å². The van der Waals surface area contributed by atoms with Gasteiger partial charge in [0.05, 0.1) is 0 Å². The zero-order chi connectivity index (χ0) is 15.1. The van der Waals surface area contributed by atoms with Crippen LogP contribution in [0.2, 0.25) is 0 Å². The zero-order valence-electron chi connectivity index (χ0n) is 11.8. The van der Waals surface area contributed by atoms with Crippen molar-refractivity contribution in [3.63, 3.8) is 0 Å². The summed E-state index contributed by atoms with van der Waals surface area (Å²) in [5.74, 6) is -0.0999. The van der Waals surface area contributed by atoms with Crippen molar-refractivity contribution >= 4 is 28.4 Å². The van der Waals surface area contributed by atoms with Gasteiger partial charge in [0, 0.05) is 29.0 Å². The van der Waals surface area contributed by atoms with Gasteiger partial charge in [-0.25, -0.2) is 9.78 Å². The Hall–Kier alpha value is -2.82. The van der Waals surface area contributed by atoms with Gasteiger partial charge in [-0.15, -0.1) is 0 Å². The summed E-state index contributed by atoms with van der Waals surface area (Å²) < 4.78 is 0. The van der Waals surface area contributed by atoms with Crippen LogP contribution in [0, 0.1) is 0 Å². The number of fused-ring (bicyclic) bond motifs is 1. The topological polar surface area (TPSA) is 78.0 Å². The second-order valence-corrected chi connectivity index (χ2v) is 5.61. The number of nitrogens with zero attached hydrogens (tertiary/aromatic N) is 1. The predicted molar refractivity (Wildman–Crippen MR) is 84.8 cm³/mol. The molecule has 2 aromatic heterocycles. The SMILES string of the molecule is O=C(O)c1cc(C2CC2)cnc1Nc1cccc2[nH]ccc12. The molecule has 22 heavy (non-hydrogen) atoms. The largest absolute Gasteiger partial charge is 0.478 e. The molecule has 1 aromatic carbocycles. The standard InChI is InChI=1S/C17H15N3O2/c21-17(22)13-8-11(10-4-5-10)9-19-16(13)20-15-3-1-2-14-12(15)6-7-18-14/h1-3,6-10,18H,4-5H2,(H,19,20)(H,21,22). The van der Waals surface area contributed by atoms with E-state index in [1.54, 1.807) is 12.3 Å². The molecular formula is C17H15N3O2. The van der Waals surface area contributed by atoms with Crippen LogP contribution >= 0.6 is 0 Å². The molecule has 5 nitrogen and oxygen atoms in total. The van der Waals surface area contributed by atoms with Crippen LogP contribution in [-0.2, 0) is 0 Å². The second-order valence-electron chi connectivity index (χ2n) is 5.61. The summed E-state index contributed by atoms with van der Waals surface area (Å²) >= 11 is 0. The molecule has 0 radical (unpaired) electrons. The minimum atomic E-state index is -0.959. The number of aromatic carboxylic acids is 1. The third-order valence-electron chi connectivity index (χ3n) is 4.04. The molecule has 0 saturated heterocycles. The van der Waals surface area contributed by atoms with Gasteiger partial charge < -0.3 is 15.4 Å². The average Bonchev–Trinajstić information content (AvgIpc) is 3.25. The van der Waals surface area contributed by atoms with Crippen molar-refractivity contribution < 1.29 is 9.90 Å². The lowest BCUT2D eigenvalue weighted by atomic mass is 10.1. The Bertz CT molecular complexity index is 865. The first-order valence-electron chi connectivity index (χ1n) is 7.29. The highest BCUT2D eigenvalue weighted by Crippen LogP contribution is 2.40. The molecule has 2 heterocycles. The first kappa shape index (κ1) is 12.9. The summed E-state index contributed by atoms with van der Waals surface area (Å²) in [4.78, 5) is 19.0. The van der Waals surface area contributed by atoms with E-state index in [0.717, 1.165) is 35.0 Å². The van der Waals surface area contributed by atoms with Crippen molar-refractivity contribution in [1.82, 2.24) is 9.97 Å². The number of hydrogen-bond acceptors (Lipinski definition) is 3. The molecule has 1 saturated carbocycles. The number of carboxylic acids is 1. The lowest BCUT2D eigenvalue weighted by Crippen LogP contribution is -2.06. The number of carbonyl (C=O) groups is 1. The Morgan fingerprint density at radius 3 is 2.95 bits per heavy atom. The minimum absolute atomic E-state index is 0.219. The van der Waals surface area contributed by atoms with E-state index >= 15 is 0 Å². The van der Waals surface area contributed by atoms with Gasteiger partial charge in [0.2, 0.25) is 0 Å². The summed E-state index contributed by atoms with van der Waals surface area (Å²) in [6, 6.07) is 9.50. The lowest BCUT2D eigenvalue weighted by molar-refractivity contribution is 0.0697. The monoisotopic (exact) mass is 293 g/mol. The summed E-state index contributed by atoms with van der Waals surface area (Å²) in [6.07, 6.45) is 5.88. The van der Waals surface area contributed by atoms with Gasteiger partial charge in [0.25, 0.3) is 0 Å². The van der Waals surface area contributed by atoms with Crippen LogP contribution in [0.1, 0.15) is 34.7 Å². The van der Waals surface area contributed by atoms with Crippen LogP contribution in [0.3, 0.4) is 0 Å². The number of nitrogens with one attached hydrogen (secondary N) is 2. The quantitative estimate of drug-likeness (QED) is 0.682. The number of benzene rings is 1. The number of anilines is 2. The second kappa shape index (κ2) is 4.87. The van der Waals surface area contributed by atoms with Crippen LogP contribution in [-0.4, -0.2) is 21.0 Å². The van der Waals surface area contributed by atoms with Gasteiger partial charge in [-0.1, -0.05) is 6.07 Å². The molecule has 0 atom stereocenters. The van der Waals surface area contributed by atoms with Crippen molar-refractivity contribution in [1.29, 1.82) is 0 Å². The molecule has 0 amide bonds. The Labute approximate surface area is 127 Å². The maximum absolute atomic E-state index is 11.5. The van der Waals surface area contributed by atoms with E-state index in [1.165, 1.54) is 0 Å². The number of aromatic nitrogens is 2. The van der Waals surface area contributed by atoms with Gasteiger partial charge in [-0.3, -0.25) is 0 Å². The molecule has 5 heteroatoms. The van der Waals surface area contributed by atoms with Crippen molar-refractivity contribution in [2.24, 2.45) is 0 Å². The maximum Gasteiger partial charge on any atom is 0.339 e. The molecule has 3 aromatic rings. The van der Waals surface area contributed by atoms with E-state index < -0.39 is 5.97 Å². The molecule has 0 aliphatic heterocycles. The van der Waals surface area contributed by atoms with Crippen LogP contribution in [0.15, 0.2) is 42.7 Å². The molecule has 1 aliphatic carbocycles.